The van der Waals surface area contributed by atoms with Crippen LogP contribution in [-0.4, -0.2) is 29.9 Å². The summed E-state index contributed by atoms with van der Waals surface area (Å²) in [4.78, 5) is 11.5. The van der Waals surface area contributed by atoms with Crippen molar-refractivity contribution in [3.8, 4) is 0 Å². The Kier molecular flexibility index (Phi) is 2.91. The fourth-order valence-corrected chi connectivity index (χ4v) is 1.86. The van der Waals surface area contributed by atoms with E-state index in [0.717, 1.165) is 5.56 Å². The van der Waals surface area contributed by atoms with Gasteiger partial charge in [-0.2, -0.15) is 4.98 Å². The molecule has 0 spiro atoms. The van der Waals surface area contributed by atoms with Crippen molar-refractivity contribution < 1.29 is 9.36 Å². The zero-order valence-corrected chi connectivity index (χ0v) is 10.8. The van der Waals surface area contributed by atoms with Crippen LogP contribution in [0, 0.1) is 0 Å². The Morgan fingerprint density at radius 3 is 2.68 bits per heavy atom. The van der Waals surface area contributed by atoms with Gasteiger partial charge in [0.25, 0.3) is 11.8 Å². The first-order valence-corrected chi connectivity index (χ1v) is 6.03. The molecular weight excluding hydrogens is 244 g/mol. The van der Waals surface area contributed by atoms with Gasteiger partial charge in [0, 0.05) is 20.5 Å². The molecule has 0 saturated carbocycles. The van der Waals surface area contributed by atoms with E-state index < -0.39 is 0 Å². The van der Waals surface area contributed by atoms with Crippen LogP contribution in [0.5, 0.6) is 0 Å². The van der Waals surface area contributed by atoms with Crippen molar-refractivity contribution in [1.29, 1.82) is 0 Å². The molecule has 0 bridgehead atoms. The molecular formula is C13H14N4O2. The molecule has 0 radical (unpaired) electrons. The Morgan fingerprint density at radius 2 is 2.00 bits per heavy atom. The molecule has 0 unspecified atom stereocenters. The van der Waals surface area contributed by atoms with Gasteiger partial charge in [0.05, 0.1) is 0 Å². The minimum atomic E-state index is -0.0779. The smallest absolute Gasteiger partial charge is 0.277 e. The third-order valence-corrected chi connectivity index (χ3v) is 2.90. The summed E-state index contributed by atoms with van der Waals surface area (Å²) in [5.41, 5.74) is 1.78. The second-order valence-electron chi connectivity index (χ2n) is 4.54. The van der Waals surface area contributed by atoms with Crippen LogP contribution >= 0.6 is 0 Å². The third kappa shape index (κ3) is 2.29. The number of hydrogen-bond donors (Lipinski definition) is 0. The molecule has 6 nitrogen and oxygen atoms in total. The molecule has 1 atom stereocenters. The molecule has 3 rings (SSSR count). The van der Waals surface area contributed by atoms with Crippen LogP contribution < -0.4 is 4.90 Å². The standard InChI is InChI=1S/C13H14N4O2/c1-17(2)13-14-12(19-16-13)10-8-11(18-15-10)9-6-4-3-5-7-9/h3-7,11H,8H2,1-2H3/t11-/m0/s1. The highest BCUT2D eigenvalue weighted by atomic mass is 16.6. The summed E-state index contributed by atoms with van der Waals surface area (Å²) in [5.74, 6) is 0.947. The van der Waals surface area contributed by atoms with Gasteiger partial charge in [0.15, 0.2) is 6.10 Å². The molecule has 0 aliphatic carbocycles. The fourth-order valence-electron chi connectivity index (χ4n) is 1.86. The predicted octanol–water partition coefficient (Wildman–Crippen LogP) is 2.00. The van der Waals surface area contributed by atoms with Crippen LogP contribution in [0.4, 0.5) is 5.95 Å². The van der Waals surface area contributed by atoms with E-state index in [1.165, 1.54) is 0 Å². The molecule has 1 aromatic carbocycles. The van der Waals surface area contributed by atoms with Gasteiger partial charge < -0.3 is 14.3 Å². The Morgan fingerprint density at radius 1 is 1.21 bits per heavy atom. The summed E-state index contributed by atoms with van der Waals surface area (Å²) < 4.78 is 5.18. The summed E-state index contributed by atoms with van der Waals surface area (Å²) in [5, 5.41) is 7.90. The molecule has 2 heterocycles. The highest BCUT2D eigenvalue weighted by Gasteiger charge is 2.27. The molecule has 1 aliphatic rings. The van der Waals surface area contributed by atoms with Gasteiger partial charge in [0.2, 0.25) is 0 Å². The maximum atomic E-state index is 5.42. The van der Waals surface area contributed by atoms with Crippen molar-refractivity contribution in [2.24, 2.45) is 5.16 Å². The van der Waals surface area contributed by atoms with Crippen LogP contribution in [0.25, 0.3) is 0 Å². The summed E-state index contributed by atoms with van der Waals surface area (Å²) in [7, 11) is 3.71. The topological polar surface area (TPSA) is 63.8 Å². The second kappa shape index (κ2) is 4.72. The van der Waals surface area contributed by atoms with Crippen molar-refractivity contribution in [3.05, 3.63) is 41.8 Å². The summed E-state index contributed by atoms with van der Waals surface area (Å²) in [6.07, 6.45) is 0.560. The highest BCUT2D eigenvalue weighted by Crippen LogP contribution is 2.29. The Labute approximate surface area is 110 Å². The van der Waals surface area contributed by atoms with Gasteiger partial charge in [-0.1, -0.05) is 35.5 Å². The molecule has 0 N–H and O–H groups in total. The van der Waals surface area contributed by atoms with Crippen molar-refractivity contribution in [3.63, 3.8) is 0 Å². The number of oxime groups is 1. The van der Waals surface area contributed by atoms with E-state index in [2.05, 4.69) is 15.3 Å². The first-order chi connectivity index (χ1) is 9.24. The number of aromatic nitrogens is 2. The van der Waals surface area contributed by atoms with Crippen molar-refractivity contribution in [1.82, 2.24) is 10.1 Å². The highest BCUT2D eigenvalue weighted by molar-refractivity contribution is 5.97. The van der Waals surface area contributed by atoms with Gasteiger partial charge in [-0.15, -0.1) is 0 Å². The Balaban J connectivity index is 1.74. The maximum absolute atomic E-state index is 5.42. The van der Waals surface area contributed by atoms with Crippen LogP contribution in [0.15, 0.2) is 40.0 Å². The van der Waals surface area contributed by atoms with Gasteiger partial charge in [-0.25, -0.2) is 0 Å². The molecule has 0 saturated heterocycles. The SMILES string of the molecule is CN(C)c1noc(C2=NO[C@H](c3ccccc3)C2)n1. The number of hydrogen-bond acceptors (Lipinski definition) is 6. The van der Waals surface area contributed by atoms with E-state index >= 15 is 0 Å². The lowest BCUT2D eigenvalue weighted by Crippen LogP contribution is -2.10. The predicted molar refractivity (Wildman–Crippen MR) is 70.0 cm³/mol. The maximum Gasteiger partial charge on any atom is 0.277 e. The Bertz CT molecular complexity index is 592. The number of benzene rings is 1. The molecule has 19 heavy (non-hydrogen) atoms. The van der Waals surface area contributed by atoms with Crippen molar-refractivity contribution in [2.45, 2.75) is 12.5 Å². The Hall–Kier alpha value is -2.37. The van der Waals surface area contributed by atoms with Crippen LogP contribution in [0.3, 0.4) is 0 Å². The second-order valence-corrected chi connectivity index (χ2v) is 4.54. The van der Waals surface area contributed by atoms with E-state index in [1.807, 2.05) is 44.4 Å². The monoisotopic (exact) mass is 258 g/mol. The van der Waals surface area contributed by atoms with Crippen LogP contribution in [0.1, 0.15) is 24.0 Å². The van der Waals surface area contributed by atoms with Gasteiger partial charge in [-0.3, -0.25) is 0 Å². The fraction of sp³-hybridized carbons (Fsp3) is 0.308. The van der Waals surface area contributed by atoms with E-state index in [9.17, 15) is 0 Å². The number of anilines is 1. The van der Waals surface area contributed by atoms with Gasteiger partial charge in [0.1, 0.15) is 5.71 Å². The molecule has 6 heteroatoms. The van der Waals surface area contributed by atoms with Gasteiger partial charge >= 0.3 is 0 Å². The van der Waals surface area contributed by atoms with Crippen molar-refractivity contribution >= 4 is 11.7 Å². The summed E-state index contributed by atoms with van der Waals surface area (Å²) >= 11 is 0. The zero-order chi connectivity index (χ0) is 13.2. The minimum Gasteiger partial charge on any atom is -0.387 e. The number of rotatable bonds is 3. The minimum absolute atomic E-state index is 0.0779. The molecule has 1 aromatic heterocycles. The average molecular weight is 258 g/mol. The summed E-state index contributed by atoms with van der Waals surface area (Å²) in [6.45, 7) is 0. The lowest BCUT2D eigenvalue weighted by molar-refractivity contribution is 0.0857. The molecule has 0 fully saturated rings. The normalized spacial score (nSPS) is 18.0. The molecule has 2 aromatic rings. The largest absolute Gasteiger partial charge is 0.387 e. The first-order valence-electron chi connectivity index (χ1n) is 6.03. The van der Waals surface area contributed by atoms with Gasteiger partial charge in [-0.05, 0) is 10.7 Å². The van der Waals surface area contributed by atoms with E-state index in [0.29, 0.717) is 24.0 Å². The molecule has 98 valence electrons. The van der Waals surface area contributed by atoms with Crippen LogP contribution in [-0.2, 0) is 4.84 Å². The van der Waals surface area contributed by atoms with E-state index in [1.54, 1.807) is 4.90 Å². The van der Waals surface area contributed by atoms with Crippen LogP contribution in [0.2, 0.25) is 0 Å². The lowest BCUT2D eigenvalue weighted by Gasteiger charge is -2.06. The quantitative estimate of drug-likeness (QED) is 0.842. The molecule has 1 aliphatic heterocycles. The average Bonchev–Trinajstić information content (AvgIpc) is 3.09. The zero-order valence-electron chi connectivity index (χ0n) is 10.8. The number of nitrogens with zero attached hydrogens (tertiary/aromatic N) is 4. The molecule has 0 amide bonds. The first kappa shape index (κ1) is 11.7. The van der Waals surface area contributed by atoms with E-state index in [4.69, 9.17) is 9.36 Å². The van der Waals surface area contributed by atoms with E-state index in [-0.39, 0.29) is 6.10 Å². The third-order valence-electron chi connectivity index (χ3n) is 2.90. The lowest BCUT2D eigenvalue weighted by atomic mass is 10.0. The van der Waals surface area contributed by atoms with Crippen molar-refractivity contribution in [2.75, 3.05) is 19.0 Å². The summed E-state index contributed by atoms with van der Waals surface area (Å²) in [6, 6.07) is 9.97.